The summed E-state index contributed by atoms with van der Waals surface area (Å²) in [6, 6.07) is 2.16. The van der Waals surface area contributed by atoms with Gasteiger partial charge < -0.3 is 15.4 Å². The number of piperidine rings is 1. The number of esters is 1. The number of nitrogens with one attached hydrogen (secondary N) is 1. The summed E-state index contributed by atoms with van der Waals surface area (Å²) in [5.74, 6) is 0.950. The summed E-state index contributed by atoms with van der Waals surface area (Å²) in [5.41, 5.74) is 7.14. The van der Waals surface area contributed by atoms with Gasteiger partial charge in [-0.1, -0.05) is 13.8 Å². The maximum atomic E-state index is 12.1. The predicted molar refractivity (Wildman–Crippen MR) is 86.7 cm³/mol. The van der Waals surface area contributed by atoms with E-state index in [0.717, 1.165) is 18.7 Å². The summed E-state index contributed by atoms with van der Waals surface area (Å²) in [4.78, 5) is 14.0. The Morgan fingerprint density at radius 3 is 2.64 bits per heavy atom. The Kier molecular flexibility index (Phi) is 5.43. The number of hydrogen-bond acceptors (Lipinski definition) is 5. The van der Waals surface area contributed by atoms with E-state index < -0.39 is 0 Å². The topological polar surface area (TPSA) is 80.5 Å². The average Bonchev–Trinajstić information content (AvgIpc) is 2.74. The molecule has 0 spiro atoms. The van der Waals surface area contributed by atoms with E-state index in [2.05, 4.69) is 19.9 Å². The van der Waals surface area contributed by atoms with Gasteiger partial charge in [-0.05, 0) is 13.3 Å². The SMILES string of the molecule is CCOC(=O)c1sc(N)c(C#N)c1C[NH+]1C[C@H](C)C[C@@H](C)C1. The monoisotopic (exact) mass is 322 g/mol. The van der Waals surface area contributed by atoms with E-state index in [4.69, 9.17) is 10.5 Å². The highest BCUT2D eigenvalue weighted by Crippen LogP contribution is 2.31. The number of thiophene rings is 1. The van der Waals surface area contributed by atoms with Gasteiger partial charge in [-0.15, -0.1) is 11.3 Å². The van der Waals surface area contributed by atoms with Crippen LogP contribution in [-0.2, 0) is 11.3 Å². The largest absolute Gasteiger partial charge is 0.462 e. The molecule has 120 valence electrons. The van der Waals surface area contributed by atoms with E-state index in [0.29, 0.717) is 40.4 Å². The molecule has 0 unspecified atom stereocenters. The van der Waals surface area contributed by atoms with Crippen molar-refractivity contribution in [3.8, 4) is 6.07 Å². The molecule has 0 amide bonds. The van der Waals surface area contributed by atoms with Crippen molar-refractivity contribution in [2.75, 3.05) is 25.4 Å². The van der Waals surface area contributed by atoms with Gasteiger partial charge in [0.25, 0.3) is 0 Å². The van der Waals surface area contributed by atoms with Crippen LogP contribution in [0.5, 0.6) is 0 Å². The maximum Gasteiger partial charge on any atom is 0.348 e. The fourth-order valence-electron chi connectivity index (χ4n) is 3.45. The Morgan fingerprint density at radius 2 is 2.09 bits per heavy atom. The number of hydrogen-bond donors (Lipinski definition) is 2. The van der Waals surface area contributed by atoms with Gasteiger partial charge in [0.2, 0.25) is 0 Å². The number of carbonyl (C=O) groups is 1. The fourth-order valence-corrected chi connectivity index (χ4v) is 4.38. The van der Waals surface area contributed by atoms with Crippen LogP contribution >= 0.6 is 11.3 Å². The highest BCUT2D eigenvalue weighted by molar-refractivity contribution is 7.18. The Morgan fingerprint density at radius 1 is 1.45 bits per heavy atom. The number of carbonyl (C=O) groups excluding carboxylic acids is 1. The van der Waals surface area contributed by atoms with Crippen molar-refractivity contribution < 1.29 is 14.4 Å². The summed E-state index contributed by atoms with van der Waals surface area (Å²) in [5, 5.41) is 9.79. The van der Waals surface area contributed by atoms with E-state index >= 15 is 0 Å². The van der Waals surface area contributed by atoms with Crippen LogP contribution in [0.4, 0.5) is 5.00 Å². The van der Waals surface area contributed by atoms with E-state index in [9.17, 15) is 10.1 Å². The third kappa shape index (κ3) is 3.60. The van der Waals surface area contributed by atoms with Crippen LogP contribution in [0.3, 0.4) is 0 Å². The summed E-state index contributed by atoms with van der Waals surface area (Å²) in [7, 11) is 0. The third-order valence-electron chi connectivity index (χ3n) is 4.11. The van der Waals surface area contributed by atoms with Crippen molar-refractivity contribution in [3.63, 3.8) is 0 Å². The summed E-state index contributed by atoms with van der Waals surface area (Å²) >= 11 is 1.17. The van der Waals surface area contributed by atoms with Crippen LogP contribution in [0, 0.1) is 23.2 Å². The lowest BCUT2D eigenvalue weighted by Crippen LogP contribution is -3.13. The van der Waals surface area contributed by atoms with Gasteiger partial charge >= 0.3 is 5.97 Å². The predicted octanol–water partition coefficient (Wildman–Crippen LogP) is 1.44. The minimum absolute atomic E-state index is 0.322. The molecule has 0 radical (unpaired) electrons. The van der Waals surface area contributed by atoms with Gasteiger partial charge in [0.05, 0.1) is 30.8 Å². The zero-order chi connectivity index (χ0) is 16.3. The number of anilines is 1. The molecular weight excluding hydrogens is 298 g/mol. The number of likely N-dealkylation sites (tertiary alicyclic amines) is 1. The zero-order valence-electron chi connectivity index (χ0n) is 13.4. The Balaban J connectivity index is 2.28. The van der Waals surface area contributed by atoms with Gasteiger partial charge in [-0.3, -0.25) is 0 Å². The van der Waals surface area contributed by atoms with Crippen LogP contribution in [0.1, 0.15) is 48.0 Å². The van der Waals surface area contributed by atoms with E-state index in [-0.39, 0.29) is 5.97 Å². The molecule has 0 saturated carbocycles. The first-order chi connectivity index (χ1) is 10.5. The first-order valence-corrected chi connectivity index (χ1v) is 8.59. The quantitative estimate of drug-likeness (QED) is 0.822. The molecule has 3 N–H and O–H groups in total. The minimum atomic E-state index is -0.367. The number of quaternary nitrogens is 1. The maximum absolute atomic E-state index is 12.1. The van der Waals surface area contributed by atoms with Gasteiger partial charge in [-0.2, -0.15) is 5.26 Å². The molecule has 0 aromatic carbocycles. The molecule has 2 rings (SSSR count). The van der Waals surface area contributed by atoms with E-state index in [1.54, 1.807) is 6.92 Å². The first kappa shape index (κ1) is 16.8. The van der Waals surface area contributed by atoms with E-state index in [1.165, 1.54) is 22.7 Å². The average molecular weight is 322 g/mol. The second-order valence-electron chi connectivity index (χ2n) is 6.26. The Labute approximate surface area is 135 Å². The lowest BCUT2D eigenvalue weighted by molar-refractivity contribution is -0.925. The molecule has 1 saturated heterocycles. The second-order valence-corrected chi connectivity index (χ2v) is 7.31. The van der Waals surface area contributed by atoms with E-state index in [1.807, 2.05) is 0 Å². The van der Waals surface area contributed by atoms with Gasteiger partial charge in [-0.25, -0.2) is 4.79 Å². The number of nitriles is 1. The van der Waals surface area contributed by atoms with Crippen molar-refractivity contribution >= 4 is 22.3 Å². The van der Waals surface area contributed by atoms with Crippen LogP contribution in [0.2, 0.25) is 0 Å². The Bertz CT molecular complexity index is 581. The van der Waals surface area contributed by atoms with Crippen LogP contribution in [0.25, 0.3) is 0 Å². The molecule has 0 aliphatic carbocycles. The standard InChI is InChI=1S/C16H23N3O2S/c1-4-21-16(20)14-13(12(6-17)15(18)22-14)9-19-7-10(2)5-11(3)8-19/h10-11H,4-5,7-9,18H2,1-3H3/p+1/t10-,11-/m1/s1. The minimum Gasteiger partial charge on any atom is -0.462 e. The fraction of sp³-hybridized carbons (Fsp3) is 0.625. The number of rotatable bonds is 4. The molecule has 5 nitrogen and oxygen atoms in total. The Hall–Kier alpha value is -1.58. The highest BCUT2D eigenvalue weighted by Gasteiger charge is 2.30. The molecule has 1 fully saturated rings. The van der Waals surface area contributed by atoms with Crippen molar-refractivity contribution in [2.45, 2.75) is 33.7 Å². The van der Waals surface area contributed by atoms with Crippen molar-refractivity contribution in [1.82, 2.24) is 0 Å². The van der Waals surface area contributed by atoms with Crippen LogP contribution < -0.4 is 10.6 Å². The van der Waals surface area contributed by atoms with Gasteiger partial charge in [0.1, 0.15) is 22.5 Å². The molecule has 1 aliphatic rings. The van der Waals surface area contributed by atoms with Gasteiger partial charge in [0, 0.05) is 11.8 Å². The number of nitrogen functional groups attached to an aromatic ring is 1. The van der Waals surface area contributed by atoms with Crippen LogP contribution in [-0.4, -0.2) is 25.7 Å². The smallest absolute Gasteiger partial charge is 0.348 e. The molecule has 6 heteroatoms. The molecule has 22 heavy (non-hydrogen) atoms. The van der Waals surface area contributed by atoms with Crippen molar-refractivity contribution in [2.24, 2.45) is 11.8 Å². The molecule has 2 heterocycles. The zero-order valence-corrected chi connectivity index (χ0v) is 14.3. The van der Waals surface area contributed by atoms with Gasteiger partial charge in [0.15, 0.2) is 0 Å². The third-order valence-corrected chi connectivity index (χ3v) is 5.15. The number of nitrogens with zero attached hydrogens (tertiary/aromatic N) is 1. The van der Waals surface area contributed by atoms with Crippen molar-refractivity contribution in [3.05, 3.63) is 16.0 Å². The van der Waals surface area contributed by atoms with Crippen molar-refractivity contribution in [1.29, 1.82) is 5.26 Å². The second kappa shape index (κ2) is 7.12. The molecule has 2 atom stereocenters. The summed E-state index contributed by atoms with van der Waals surface area (Å²) in [6.07, 6.45) is 1.24. The normalized spacial score (nSPS) is 24.7. The molecule has 0 bridgehead atoms. The molecular formula is C16H24N3O2S+. The van der Waals surface area contributed by atoms with Crippen LogP contribution in [0.15, 0.2) is 0 Å². The lowest BCUT2D eigenvalue weighted by atomic mass is 9.91. The summed E-state index contributed by atoms with van der Waals surface area (Å²) < 4.78 is 5.11. The lowest BCUT2D eigenvalue weighted by Gasteiger charge is -2.32. The summed E-state index contributed by atoms with van der Waals surface area (Å²) in [6.45, 7) is 9.41. The number of ether oxygens (including phenoxy) is 1. The first-order valence-electron chi connectivity index (χ1n) is 7.78. The molecule has 1 aromatic heterocycles. The number of nitrogens with two attached hydrogens (primary N) is 1. The highest BCUT2D eigenvalue weighted by atomic mass is 32.1. The molecule has 1 aliphatic heterocycles. The molecule has 1 aromatic rings.